The van der Waals surface area contributed by atoms with Gasteiger partial charge < -0.3 is 4.90 Å². The minimum Gasteiger partial charge on any atom is -0.335 e. The molecule has 148 valence electrons. The maximum absolute atomic E-state index is 13.1. The highest BCUT2D eigenvalue weighted by molar-refractivity contribution is 7.89. The molecular weight excluding hydrogens is 392 g/mol. The van der Waals surface area contributed by atoms with Gasteiger partial charge in [-0.05, 0) is 73.4 Å². The number of nitrogens with zero attached hydrogens (tertiary/aromatic N) is 2. The Kier molecular flexibility index (Phi) is 4.56. The normalized spacial score (nSPS) is 19.6. The molecule has 1 aromatic carbocycles. The smallest absolute Gasteiger partial charge is 0.264 e. The molecule has 0 saturated carbocycles. The van der Waals surface area contributed by atoms with E-state index in [4.69, 9.17) is 0 Å². The summed E-state index contributed by atoms with van der Waals surface area (Å²) in [6, 6.07) is 7.60. The zero-order valence-corrected chi connectivity index (χ0v) is 17.4. The highest BCUT2D eigenvalue weighted by Gasteiger charge is 2.32. The molecule has 7 heteroatoms. The monoisotopic (exact) mass is 416 g/mol. The van der Waals surface area contributed by atoms with Crippen molar-refractivity contribution >= 4 is 27.3 Å². The van der Waals surface area contributed by atoms with Crippen molar-refractivity contribution in [1.29, 1.82) is 0 Å². The Morgan fingerprint density at radius 3 is 2.36 bits per heavy atom. The first-order valence-electron chi connectivity index (χ1n) is 10.1. The summed E-state index contributed by atoms with van der Waals surface area (Å²) in [7, 11) is -3.50. The lowest BCUT2D eigenvalue weighted by Gasteiger charge is -2.33. The van der Waals surface area contributed by atoms with Gasteiger partial charge in [-0.3, -0.25) is 4.79 Å². The molecule has 2 heterocycles. The number of hydrogen-bond donors (Lipinski definition) is 0. The van der Waals surface area contributed by atoms with E-state index in [-0.39, 0.29) is 5.91 Å². The highest BCUT2D eigenvalue weighted by Crippen LogP contribution is 2.32. The SMILES string of the molecule is O=C(c1cc2c(s1)CCC2)N1CCN(S(=O)(=O)c2ccc3c(c2)CCC3)CC1. The molecule has 3 aliphatic rings. The molecule has 0 unspecified atom stereocenters. The fourth-order valence-corrected chi connectivity index (χ4v) is 7.27. The number of hydrogen-bond acceptors (Lipinski definition) is 4. The van der Waals surface area contributed by atoms with Crippen LogP contribution < -0.4 is 0 Å². The van der Waals surface area contributed by atoms with Gasteiger partial charge in [0.1, 0.15) is 0 Å². The number of fused-ring (bicyclic) bond motifs is 2. The van der Waals surface area contributed by atoms with Crippen molar-refractivity contribution in [3.8, 4) is 0 Å². The van der Waals surface area contributed by atoms with E-state index in [0.717, 1.165) is 37.0 Å². The Hall–Kier alpha value is -1.70. The van der Waals surface area contributed by atoms with Crippen molar-refractivity contribution in [2.45, 2.75) is 43.4 Å². The van der Waals surface area contributed by atoms with Gasteiger partial charge in [0.2, 0.25) is 10.0 Å². The molecule has 1 amide bonds. The Morgan fingerprint density at radius 1 is 0.857 bits per heavy atom. The summed E-state index contributed by atoms with van der Waals surface area (Å²) in [6.45, 7) is 1.61. The molecule has 1 aliphatic heterocycles. The number of benzene rings is 1. The first-order chi connectivity index (χ1) is 13.5. The van der Waals surface area contributed by atoms with Gasteiger partial charge in [0, 0.05) is 31.1 Å². The molecule has 0 radical (unpaired) electrons. The number of amides is 1. The average molecular weight is 417 g/mol. The molecule has 0 spiro atoms. The van der Waals surface area contributed by atoms with E-state index < -0.39 is 10.0 Å². The molecule has 1 saturated heterocycles. The number of carbonyl (C=O) groups excluding carboxylic acids is 1. The van der Waals surface area contributed by atoms with Crippen LogP contribution >= 0.6 is 11.3 Å². The van der Waals surface area contributed by atoms with Crippen LogP contribution in [0, 0.1) is 0 Å². The molecule has 2 aliphatic carbocycles. The average Bonchev–Trinajstić information content (AvgIpc) is 3.42. The van der Waals surface area contributed by atoms with Crippen molar-refractivity contribution < 1.29 is 13.2 Å². The quantitative estimate of drug-likeness (QED) is 0.773. The van der Waals surface area contributed by atoms with Crippen molar-refractivity contribution in [1.82, 2.24) is 9.21 Å². The van der Waals surface area contributed by atoms with Crippen LogP contribution in [0.4, 0.5) is 0 Å². The topological polar surface area (TPSA) is 57.7 Å². The Morgan fingerprint density at radius 2 is 1.57 bits per heavy atom. The molecule has 5 nitrogen and oxygen atoms in total. The van der Waals surface area contributed by atoms with E-state index in [0.29, 0.717) is 31.1 Å². The minimum absolute atomic E-state index is 0.0500. The van der Waals surface area contributed by atoms with Gasteiger partial charge in [-0.2, -0.15) is 4.31 Å². The molecule has 2 aromatic rings. The first-order valence-corrected chi connectivity index (χ1v) is 12.3. The predicted molar refractivity (Wildman–Crippen MR) is 109 cm³/mol. The molecule has 0 N–H and O–H groups in total. The largest absolute Gasteiger partial charge is 0.335 e. The van der Waals surface area contributed by atoms with E-state index in [1.807, 2.05) is 18.2 Å². The van der Waals surface area contributed by atoms with Crippen molar-refractivity contribution in [3.63, 3.8) is 0 Å². The standard InChI is InChI=1S/C21H24N2O3S2/c24-21(20-14-17-5-2-6-19(17)27-20)22-9-11-23(12-10-22)28(25,26)18-8-7-15-3-1-4-16(15)13-18/h7-8,13-14H,1-6,9-12H2. The minimum atomic E-state index is -3.50. The molecular formula is C21H24N2O3S2. The van der Waals surface area contributed by atoms with Crippen molar-refractivity contribution in [3.05, 3.63) is 50.7 Å². The third-order valence-electron chi connectivity index (χ3n) is 6.19. The maximum atomic E-state index is 13.1. The van der Waals surface area contributed by atoms with Gasteiger partial charge in [0.05, 0.1) is 9.77 Å². The highest BCUT2D eigenvalue weighted by atomic mass is 32.2. The third-order valence-corrected chi connectivity index (χ3v) is 9.31. The van der Waals surface area contributed by atoms with Gasteiger partial charge >= 0.3 is 0 Å². The molecule has 1 fully saturated rings. The van der Waals surface area contributed by atoms with Crippen LogP contribution in [0.25, 0.3) is 0 Å². The summed E-state index contributed by atoms with van der Waals surface area (Å²) < 4.78 is 27.6. The lowest BCUT2D eigenvalue weighted by Crippen LogP contribution is -2.50. The molecule has 0 atom stereocenters. The predicted octanol–water partition coefficient (Wildman–Crippen LogP) is 2.87. The van der Waals surface area contributed by atoms with Gasteiger partial charge in [0.15, 0.2) is 0 Å². The van der Waals surface area contributed by atoms with Gasteiger partial charge in [-0.1, -0.05) is 6.07 Å². The number of piperazine rings is 1. The molecule has 0 bridgehead atoms. The Bertz CT molecular complexity index is 1010. The second-order valence-electron chi connectivity index (χ2n) is 7.89. The summed E-state index contributed by atoms with van der Waals surface area (Å²) in [5, 5.41) is 0. The van der Waals surface area contributed by atoms with Crippen LogP contribution in [0.2, 0.25) is 0 Å². The Labute approximate surface area is 170 Å². The lowest BCUT2D eigenvalue weighted by molar-refractivity contribution is 0.0702. The fraction of sp³-hybridized carbons (Fsp3) is 0.476. The first kappa shape index (κ1) is 18.3. The van der Waals surface area contributed by atoms with Crippen molar-refractivity contribution in [2.24, 2.45) is 0 Å². The zero-order chi connectivity index (χ0) is 19.3. The zero-order valence-electron chi connectivity index (χ0n) is 15.8. The second kappa shape index (κ2) is 6.97. The van der Waals surface area contributed by atoms with Gasteiger partial charge in [0.25, 0.3) is 5.91 Å². The summed E-state index contributed by atoms with van der Waals surface area (Å²) in [5.41, 5.74) is 3.77. The number of sulfonamides is 1. The van der Waals surface area contributed by atoms with E-state index >= 15 is 0 Å². The molecule has 1 aromatic heterocycles. The summed E-state index contributed by atoms with van der Waals surface area (Å²) >= 11 is 1.62. The number of thiophene rings is 1. The second-order valence-corrected chi connectivity index (χ2v) is 11.0. The van der Waals surface area contributed by atoms with Crippen LogP contribution in [0.5, 0.6) is 0 Å². The van der Waals surface area contributed by atoms with Crippen LogP contribution in [-0.2, 0) is 35.7 Å². The van der Waals surface area contributed by atoms with E-state index in [9.17, 15) is 13.2 Å². The number of rotatable bonds is 3. The fourth-order valence-electron chi connectivity index (χ4n) is 4.58. The van der Waals surface area contributed by atoms with Crippen LogP contribution in [0.3, 0.4) is 0 Å². The van der Waals surface area contributed by atoms with Crippen LogP contribution in [-0.4, -0.2) is 49.7 Å². The van der Waals surface area contributed by atoms with Crippen LogP contribution in [0.1, 0.15) is 44.1 Å². The summed E-state index contributed by atoms with van der Waals surface area (Å²) in [4.78, 5) is 17.2. The summed E-state index contributed by atoms with van der Waals surface area (Å²) in [5.74, 6) is 0.0500. The lowest BCUT2D eigenvalue weighted by atomic mass is 10.1. The van der Waals surface area contributed by atoms with E-state index in [1.165, 1.54) is 32.3 Å². The Balaban J connectivity index is 1.28. The van der Waals surface area contributed by atoms with Crippen molar-refractivity contribution in [2.75, 3.05) is 26.2 Å². The molecule has 28 heavy (non-hydrogen) atoms. The number of carbonyl (C=O) groups is 1. The van der Waals surface area contributed by atoms with Gasteiger partial charge in [-0.15, -0.1) is 11.3 Å². The van der Waals surface area contributed by atoms with Crippen LogP contribution in [0.15, 0.2) is 29.2 Å². The summed E-state index contributed by atoms with van der Waals surface area (Å²) in [6.07, 6.45) is 6.46. The third kappa shape index (κ3) is 3.09. The maximum Gasteiger partial charge on any atom is 0.264 e. The van der Waals surface area contributed by atoms with E-state index in [2.05, 4.69) is 0 Å². The van der Waals surface area contributed by atoms with E-state index in [1.54, 1.807) is 22.3 Å². The van der Waals surface area contributed by atoms with Gasteiger partial charge in [-0.25, -0.2) is 8.42 Å². The number of aryl methyl sites for hydroxylation is 4. The molecule has 5 rings (SSSR count).